The fourth-order valence-corrected chi connectivity index (χ4v) is 8.50. The number of benzene rings is 6. The molecule has 0 aliphatic heterocycles. The van der Waals surface area contributed by atoms with Crippen molar-refractivity contribution in [3.63, 3.8) is 0 Å². The van der Waals surface area contributed by atoms with E-state index < -0.39 is 5.41 Å². The number of anilines is 1. The fraction of sp³-hybridized carbons (Fsp3) is 0.0769. The average Bonchev–Trinajstić information content (AvgIpc) is 3.49. The molecule has 0 bridgehead atoms. The second-order valence-corrected chi connectivity index (χ2v) is 11.2. The summed E-state index contributed by atoms with van der Waals surface area (Å²) in [4.78, 5) is 0. The van der Waals surface area contributed by atoms with E-state index in [2.05, 4.69) is 145 Å². The zero-order valence-corrected chi connectivity index (χ0v) is 22.3. The van der Waals surface area contributed by atoms with Crippen molar-refractivity contribution in [3.8, 4) is 22.3 Å². The summed E-state index contributed by atoms with van der Waals surface area (Å²) in [6.07, 6.45) is 0. The molecule has 0 atom stereocenters. The number of rotatable bonds is 1. The highest BCUT2D eigenvalue weighted by atomic mass is 14.8. The molecule has 2 spiro atoms. The van der Waals surface area contributed by atoms with Crippen LogP contribution in [0.1, 0.15) is 44.5 Å². The molecule has 1 heteroatoms. The van der Waals surface area contributed by atoms with E-state index in [1.807, 2.05) is 7.05 Å². The van der Waals surface area contributed by atoms with Gasteiger partial charge < -0.3 is 5.32 Å². The van der Waals surface area contributed by atoms with Crippen molar-refractivity contribution < 1.29 is 0 Å². The van der Waals surface area contributed by atoms with E-state index in [4.69, 9.17) is 0 Å². The quantitative estimate of drug-likeness (QED) is 0.233. The van der Waals surface area contributed by atoms with Crippen LogP contribution < -0.4 is 5.32 Å². The largest absolute Gasteiger partial charge is 0.388 e. The van der Waals surface area contributed by atoms with Crippen LogP contribution in [0.2, 0.25) is 0 Å². The molecule has 0 saturated carbocycles. The van der Waals surface area contributed by atoms with Crippen molar-refractivity contribution in [1.82, 2.24) is 0 Å². The first-order valence-electron chi connectivity index (χ1n) is 14.1. The number of hydrogen-bond acceptors (Lipinski definition) is 1. The van der Waals surface area contributed by atoms with E-state index in [-0.39, 0.29) is 5.41 Å². The lowest BCUT2D eigenvalue weighted by atomic mass is 9.52. The van der Waals surface area contributed by atoms with Gasteiger partial charge in [0.15, 0.2) is 0 Å². The van der Waals surface area contributed by atoms with Crippen LogP contribution in [-0.2, 0) is 10.8 Å². The minimum Gasteiger partial charge on any atom is -0.388 e. The highest BCUT2D eigenvalue weighted by Crippen LogP contribution is 2.67. The van der Waals surface area contributed by atoms with Crippen LogP contribution in [0.4, 0.5) is 5.69 Å². The van der Waals surface area contributed by atoms with Gasteiger partial charge in [0.2, 0.25) is 0 Å². The van der Waals surface area contributed by atoms with Gasteiger partial charge in [-0.05, 0) is 67.3 Å². The van der Waals surface area contributed by atoms with E-state index in [0.29, 0.717) is 0 Å². The molecule has 6 aromatic carbocycles. The third kappa shape index (κ3) is 2.29. The summed E-state index contributed by atoms with van der Waals surface area (Å²) in [5.41, 5.74) is 16.7. The maximum Gasteiger partial charge on any atom is 0.0720 e. The monoisotopic (exact) mass is 509 g/mol. The smallest absolute Gasteiger partial charge is 0.0720 e. The Kier molecular flexibility index (Phi) is 4.18. The first-order valence-corrected chi connectivity index (χ1v) is 14.1. The summed E-state index contributed by atoms with van der Waals surface area (Å²) in [7, 11) is 2.04. The molecule has 188 valence electrons. The van der Waals surface area contributed by atoms with Crippen LogP contribution in [0.5, 0.6) is 0 Å². The first kappa shape index (κ1) is 22.0. The van der Waals surface area contributed by atoms with Crippen molar-refractivity contribution in [2.24, 2.45) is 0 Å². The van der Waals surface area contributed by atoms with Crippen molar-refractivity contribution >= 4 is 5.69 Å². The second-order valence-electron chi connectivity index (χ2n) is 11.2. The fourth-order valence-electron chi connectivity index (χ4n) is 8.50. The van der Waals surface area contributed by atoms with Crippen LogP contribution in [0.15, 0.2) is 140 Å². The van der Waals surface area contributed by atoms with Gasteiger partial charge in [-0.3, -0.25) is 0 Å². The van der Waals surface area contributed by atoms with Crippen molar-refractivity contribution in [2.75, 3.05) is 12.4 Å². The highest BCUT2D eigenvalue weighted by molar-refractivity contribution is 5.96. The predicted molar refractivity (Wildman–Crippen MR) is 164 cm³/mol. The Hall–Kier alpha value is -4.88. The summed E-state index contributed by atoms with van der Waals surface area (Å²) in [6.45, 7) is 0. The van der Waals surface area contributed by atoms with Gasteiger partial charge in [0.05, 0.1) is 10.8 Å². The molecule has 9 rings (SSSR count). The van der Waals surface area contributed by atoms with Crippen molar-refractivity contribution in [1.29, 1.82) is 0 Å². The zero-order valence-electron chi connectivity index (χ0n) is 22.3. The van der Waals surface area contributed by atoms with Crippen molar-refractivity contribution in [3.05, 3.63) is 184 Å². The normalized spacial score (nSPS) is 15.5. The van der Waals surface area contributed by atoms with E-state index in [9.17, 15) is 0 Å². The van der Waals surface area contributed by atoms with Crippen LogP contribution >= 0.6 is 0 Å². The first-order chi connectivity index (χ1) is 19.8. The Labute approximate surface area is 234 Å². The van der Waals surface area contributed by atoms with Gasteiger partial charge in [0, 0.05) is 18.3 Å². The minimum absolute atomic E-state index is 0.385. The molecule has 0 fully saturated rings. The number of hydrogen-bond donors (Lipinski definition) is 1. The lowest BCUT2D eigenvalue weighted by Gasteiger charge is -2.48. The topological polar surface area (TPSA) is 12.0 Å². The van der Waals surface area contributed by atoms with Gasteiger partial charge in [-0.15, -0.1) is 0 Å². The average molecular weight is 510 g/mol. The molecule has 3 aliphatic rings. The Morgan fingerprint density at radius 3 is 1.18 bits per heavy atom. The highest BCUT2D eigenvalue weighted by Gasteiger charge is 2.58. The van der Waals surface area contributed by atoms with E-state index in [1.165, 1.54) is 72.4 Å². The van der Waals surface area contributed by atoms with Crippen LogP contribution in [0.25, 0.3) is 22.3 Å². The Morgan fingerprint density at radius 1 is 0.350 bits per heavy atom. The maximum absolute atomic E-state index is 3.51. The summed E-state index contributed by atoms with van der Waals surface area (Å²) >= 11 is 0. The maximum atomic E-state index is 3.51. The second kappa shape index (κ2) is 7.61. The SMILES string of the molecule is CNc1cccc2c1-c1ccccc1C21c2ccccc2C2(c3ccccc3-c3ccccc32)c2ccccc21. The summed E-state index contributed by atoms with van der Waals surface area (Å²) in [5, 5.41) is 3.51. The van der Waals surface area contributed by atoms with Gasteiger partial charge in [0.1, 0.15) is 0 Å². The van der Waals surface area contributed by atoms with E-state index in [1.54, 1.807) is 0 Å². The molecule has 6 aromatic rings. The molecule has 0 aromatic heterocycles. The molecule has 0 amide bonds. The van der Waals surface area contributed by atoms with Crippen LogP contribution in [0, 0.1) is 0 Å². The lowest BCUT2D eigenvalue weighted by Crippen LogP contribution is -2.43. The molecule has 0 radical (unpaired) electrons. The summed E-state index contributed by atoms with van der Waals surface area (Å²) < 4.78 is 0. The van der Waals surface area contributed by atoms with Gasteiger partial charge >= 0.3 is 0 Å². The van der Waals surface area contributed by atoms with Crippen LogP contribution in [-0.4, -0.2) is 7.05 Å². The standard InChI is InChI=1S/C39H27N/c1-40-36-24-12-23-35-37(36)27-15-4-7-18-30(27)39(35)33-21-10-8-19-31(33)38(32-20-9-11-22-34(32)39)28-16-5-2-13-25(28)26-14-3-6-17-29(26)38/h2-24,40H,1H3. The Balaban J connectivity index is 1.53. The van der Waals surface area contributed by atoms with Gasteiger partial charge in [-0.25, -0.2) is 0 Å². The van der Waals surface area contributed by atoms with E-state index in [0.717, 1.165) is 0 Å². The molecule has 1 N–H and O–H groups in total. The molecule has 0 saturated heterocycles. The summed E-state index contributed by atoms with van der Waals surface area (Å²) in [6, 6.07) is 52.5. The molecule has 3 aliphatic carbocycles. The third-order valence-corrected chi connectivity index (χ3v) is 9.76. The Bertz CT molecular complexity index is 1920. The molecule has 0 unspecified atom stereocenters. The van der Waals surface area contributed by atoms with E-state index >= 15 is 0 Å². The third-order valence-electron chi connectivity index (χ3n) is 9.76. The van der Waals surface area contributed by atoms with Gasteiger partial charge in [0.25, 0.3) is 0 Å². The molecule has 40 heavy (non-hydrogen) atoms. The van der Waals surface area contributed by atoms with Crippen LogP contribution in [0.3, 0.4) is 0 Å². The molecular formula is C39H27N. The van der Waals surface area contributed by atoms with Crippen molar-refractivity contribution in [2.45, 2.75) is 10.8 Å². The number of fused-ring (bicyclic) bond motifs is 16. The van der Waals surface area contributed by atoms with Gasteiger partial charge in [-0.2, -0.15) is 0 Å². The Morgan fingerprint density at radius 2 is 0.700 bits per heavy atom. The minimum atomic E-state index is -0.413. The predicted octanol–water partition coefficient (Wildman–Crippen LogP) is 8.77. The number of nitrogens with one attached hydrogen (secondary N) is 1. The molecule has 1 nitrogen and oxygen atoms in total. The lowest BCUT2D eigenvalue weighted by molar-refractivity contribution is 0.633. The summed E-state index contributed by atoms with van der Waals surface area (Å²) in [5.74, 6) is 0. The molecular weight excluding hydrogens is 482 g/mol. The zero-order chi connectivity index (χ0) is 26.5. The molecule has 0 heterocycles. The van der Waals surface area contributed by atoms with Gasteiger partial charge in [-0.1, -0.05) is 133 Å².